The van der Waals surface area contributed by atoms with E-state index < -0.39 is 10.0 Å². The van der Waals surface area contributed by atoms with Gasteiger partial charge in [0.1, 0.15) is 0 Å². The van der Waals surface area contributed by atoms with Crippen molar-refractivity contribution in [3.63, 3.8) is 0 Å². The largest absolute Gasteiger partial charge is 0.362 e. The van der Waals surface area contributed by atoms with Crippen molar-refractivity contribution in [2.24, 2.45) is 0 Å². The third-order valence-electron chi connectivity index (χ3n) is 5.01. The SMILES string of the molecule is CCN(CC(=O)N1CCN(S(=O)(=O)Cc2ccccc2)CC1)c1ccccc1. The minimum atomic E-state index is -3.37. The number of anilines is 1. The average molecular weight is 402 g/mol. The van der Waals surface area contributed by atoms with Crippen LogP contribution >= 0.6 is 0 Å². The van der Waals surface area contributed by atoms with Crippen molar-refractivity contribution < 1.29 is 13.2 Å². The van der Waals surface area contributed by atoms with Gasteiger partial charge in [-0.15, -0.1) is 0 Å². The smallest absolute Gasteiger partial charge is 0.242 e. The molecule has 1 amide bonds. The Labute approximate surface area is 167 Å². The van der Waals surface area contributed by atoms with E-state index in [4.69, 9.17) is 0 Å². The molecule has 1 fully saturated rings. The molecule has 3 rings (SSSR count). The average Bonchev–Trinajstić information content (AvgIpc) is 2.73. The number of carbonyl (C=O) groups excluding carboxylic acids is 1. The van der Waals surface area contributed by atoms with E-state index in [9.17, 15) is 13.2 Å². The maximum absolute atomic E-state index is 12.7. The maximum Gasteiger partial charge on any atom is 0.242 e. The molecule has 0 bridgehead atoms. The van der Waals surface area contributed by atoms with E-state index in [2.05, 4.69) is 0 Å². The Morgan fingerprint density at radius 2 is 1.50 bits per heavy atom. The van der Waals surface area contributed by atoms with Gasteiger partial charge < -0.3 is 9.80 Å². The van der Waals surface area contributed by atoms with Gasteiger partial charge in [0.2, 0.25) is 15.9 Å². The van der Waals surface area contributed by atoms with Crippen LogP contribution in [0.15, 0.2) is 60.7 Å². The number of sulfonamides is 1. The van der Waals surface area contributed by atoms with Gasteiger partial charge in [-0.1, -0.05) is 48.5 Å². The van der Waals surface area contributed by atoms with Crippen molar-refractivity contribution in [2.75, 3.05) is 44.2 Å². The number of hydrogen-bond acceptors (Lipinski definition) is 4. The first-order valence-corrected chi connectivity index (χ1v) is 11.2. The lowest BCUT2D eigenvalue weighted by Gasteiger charge is -2.35. The zero-order valence-electron chi connectivity index (χ0n) is 16.2. The molecule has 0 saturated carbocycles. The summed E-state index contributed by atoms with van der Waals surface area (Å²) < 4.78 is 26.8. The molecule has 0 N–H and O–H groups in total. The summed E-state index contributed by atoms with van der Waals surface area (Å²) in [6.45, 7) is 4.61. The molecule has 150 valence electrons. The highest BCUT2D eigenvalue weighted by atomic mass is 32.2. The van der Waals surface area contributed by atoms with Crippen LogP contribution in [0.25, 0.3) is 0 Å². The van der Waals surface area contributed by atoms with Gasteiger partial charge in [-0.25, -0.2) is 8.42 Å². The predicted molar refractivity (Wildman–Crippen MR) is 112 cm³/mol. The molecule has 1 saturated heterocycles. The van der Waals surface area contributed by atoms with Crippen molar-refractivity contribution in [3.8, 4) is 0 Å². The predicted octanol–water partition coefficient (Wildman–Crippen LogP) is 2.19. The number of benzene rings is 2. The Bertz CT molecular complexity index is 864. The molecule has 6 nitrogen and oxygen atoms in total. The third-order valence-corrected chi connectivity index (χ3v) is 6.86. The molecule has 2 aromatic carbocycles. The molecule has 0 aromatic heterocycles. The summed E-state index contributed by atoms with van der Waals surface area (Å²) in [7, 11) is -3.37. The minimum absolute atomic E-state index is 0.000589. The van der Waals surface area contributed by atoms with E-state index >= 15 is 0 Å². The van der Waals surface area contributed by atoms with E-state index in [1.54, 1.807) is 4.90 Å². The zero-order valence-corrected chi connectivity index (χ0v) is 17.0. The summed E-state index contributed by atoms with van der Waals surface area (Å²) in [5.41, 5.74) is 1.80. The van der Waals surface area contributed by atoms with Gasteiger partial charge in [-0.3, -0.25) is 4.79 Å². The number of hydrogen-bond donors (Lipinski definition) is 0. The Hall–Kier alpha value is -2.38. The molecule has 1 aliphatic heterocycles. The normalized spacial score (nSPS) is 15.4. The van der Waals surface area contributed by atoms with Crippen molar-refractivity contribution in [1.29, 1.82) is 0 Å². The number of likely N-dealkylation sites (N-methyl/N-ethyl adjacent to an activating group) is 1. The van der Waals surface area contributed by atoms with Crippen LogP contribution in [0.2, 0.25) is 0 Å². The van der Waals surface area contributed by atoms with E-state index in [-0.39, 0.29) is 11.7 Å². The number of amides is 1. The summed E-state index contributed by atoms with van der Waals surface area (Å²) in [6.07, 6.45) is 0. The minimum Gasteiger partial charge on any atom is -0.362 e. The van der Waals surface area contributed by atoms with Gasteiger partial charge in [0, 0.05) is 38.4 Å². The topological polar surface area (TPSA) is 60.9 Å². The van der Waals surface area contributed by atoms with Gasteiger partial charge in [-0.05, 0) is 24.6 Å². The molecule has 0 unspecified atom stereocenters. The lowest BCUT2D eigenvalue weighted by atomic mass is 10.2. The van der Waals surface area contributed by atoms with E-state index in [1.165, 1.54) is 4.31 Å². The van der Waals surface area contributed by atoms with Crippen LogP contribution in [0.1, 0.15) is 12.5 Å². The van der Waals surface area contributed by atoms with Crippen LogP contribution in [-0.4, -0.2) is 62.8 Å². The standard InChI is InChI=1S/C21H27N3O3S/c1-2-22(20-11-7-4-8-12-20)17-21(25)23-13-15-24(16-14-23)28(26,27)18-19-9-5-3-6-10-19/h3-12H,2,13-18H2,1H3. The van der Waals surface area contributed by atoms with Gasteiger partial charge in [-0.2, -0.15) is 4.31 Å². The number of carbonyl (C=O) groups is 1. The Morgan fingerprint density at radius 1 is 0.929 bits per heavy atom. The third kappa shape index (κ3) is 5.11. The molecule has 28 heavy (non-hydrogen) atoms. The molecule has 2 aromatic rings. The lowest BCUT2D eigenvalue weighted by molar-refractivity contribution is -0.130. The fraction of sp³-hybridized carbons (Fsp3) is 0.381. The van der Waals surface area contributed by atoms with Crippen molar-refractivity contribution in [2.45, 2.75) is 12.7 Å². The summed E-state index contributed by atoms with van der Waals surface area (Å²) in [6, 6.07) is 19.0. The molecular formula is C21H27N3O3S. The summed E-state index contributed by atoms with van der Waals surface area (Å²) in [5.74, 6) is 0.0326. The molecule has 1 aliphatic rings. The molecule has 7 heteroatoms. The molecule has 0 aliphatic carbocycles. The quantitative estimate of drug-likeness (QED) is 0.714. The number of rotatable bonds is 7. The van der Waals surface area contributed by atoms with Crippen LogP contribution in [0.5, 0.6) is 0 Å². The first kappa shape index (κ1) is 20.4. The fourth-order valence-electron chi connectivity index (χ4n) is 3.38. The molecule has 0 radical (unpaired) electrons. The second-order valence-corrected chi connectivity index (χ2v) is 8.84. The van der Waals surface area contributed by atoms with E-state index in [0.29, 0.717) is 32.7 Å². The lowest BCUT2D eigenvalue weighted by Crippen LogP contribution is -2.52. The van der Waals surface area contributed by atoms with E-state index in [0.717, 1.165) is 17.8 Å². The Morgan fingerprint density at radius 3 is 2.07 bits per heavy atom. The van der Waals surface area contributed by atoms with Crippen LogP contribution in [-0.2, 0) is 20.6 Å². The van der Waals surface area contributed by atoms with Crippen molar-refractivity contribution in [3.05, 3.63) is 66.2 Å². The molecule has 0 spiro atoms. The summed E-state index contributed by atoms with van der Waals surface area (Å²) >= 11 is 0. The molecule has 1 heterocycles. The fourth-order valence-corrected chi connectivity index (χ4v) is 4.90. The van der Waals surface area contributed by atoms with Gasteiger partial charge in [0.15, 0.2) is 0 Å². The van der Waals surface area contributed by atoms with Gasteiger partial charge in [0.25, 0.3) is 0 Å². The second-order valence-electron chi connectivity index (χ2n) is 6.87. The second kappa shape index (κ2) is 9.21. The van der Waals surface area contributed by atoms with Crippen LogP contribution < -0.4 is 4.90 Å². The highest BCUT2D eigenvalue weighted by Crippen LogP contribution is 2.16. The first-order valence-electron chi connectivity index (χ1n) is 9.59. The molecular weight excluding hydrogens is 374 g/mol. The van der Waals surface area contributed by atoms with Crippen molar-refractivity contribution >= 4 is 21.6 Å². The van der Waals surface area contributed by atoms with Crippen LogP contribution in [0.3, 0.4) is 0 Å². The highest BCUT2D eigenvalue weighted by Gasteiger charge is 2.29. The number of piperazine rings is 1. The van der Waals surface area contributed by atoms with Crippen LogP contribution in [0.4, 0.5) is 5.69 Å². The molecule has 0 atom stereocenters. The Balaban J connectivity index is 1.55. The van der Waals surface area contributed by atoms with Crippen molar-refractivity contribution in [1.82, 2.24) is 9.21 Å². The highest BCUT2D eigenvalue weighted by molar-refractivity contribution is 7.88. The van der Waals surface area contributed by atoms with E-state index in [1.807, 2.05) is 72.5 Å². The van der Waals surface area contributed by atoms with Gasteiger partial charge in [0.05, 0.1) is 12.3 Å². The number of para-hydroxylation sites is 1. The summed E-state index contributed by atoms with van der Waals surface area (Å²) in [4.78, 5) is 16.5. The number of nitrogens with zero attached hydrogens (tertiary/aromatic N) is 3. The Kier molecular flexibility index (Phi) is 6.70. The summed E-state index contributed by atoms with van der Waals surface area (Å²) in [5, 5.41) is 0. The van der Waals surface area contributed by atoms with Gasteiger partial charge >= 0.3 is 0 Å². The van der Waals surface area contributed by atoms with Crippen LogP contribution in [0, 0.1) is 0 Å². The monoisotopic (exact) mass is 401 g/mol. The first-order chi connectivity index (χ1) is 13.5. The zero-order chi connectivity index (χ0) is 20.0. The maximum atomic E-state index is 12.7.